The molecule has 1 atom stereocenters. The molecule has 0 bridgehead atoms. The Morgan fingerprint density at radius 3 is 2.44 bits per heavy atom. The average molecular weight is 583 g/mol. The van der Waals surface area contributed by atoms with Crippen LogP contribution in [0.3, 0.4) is 0 Å². The topological polar surface area (TPSA) is 118 Å². The van der Waals surface area contributed by atoms with Gasteiger partial charge in [-0.05, 0) is 60.5 Å². The van der Waals surface area contributed by atoms with Crippen molar-refractivity contribution in [1.29, 1.82) is 5.26 Å². The fourth-order valence-corrected chi connectivity index (χ4v) is 6.90. The Bertz CT molecular complexity index is 1710. The molecule has 198 valence electrons. The number of carbonyl (C=O) groups is 2. The van der Waals surface area contributed by atoms with Gasteiger partial charge in [-0.2, -0.15) is 5.26 Å². The molecule has 11 heteroatoms. The number of nitrogens with zero attached hydrogens (tertiary/aromatic N) is 2. The number of carbonyl (C=O) groups excluding carboxylic acids is 2. The SMILES string of the molecule is COc1ccc(C2=C(C#N)C(=O)N(C3CCS(=O)(=O)C3)C(=O)/C2=C\c2ccc(-c3ccc(Cl)cc3Cl)o2)cc1. The van der Waals surface area contributed by atoms with E-state index < -0.39 is 27.7 Å². The minimum absolute atomic E-state index is 0.0173. The lowest BCUT2D eigenvalue weighted by Gasteiger charge is -2.32. The van der Waals surface area contributed by atoms with E-state index in [-0.39, 0.29) is 40.4 Å². The molecule has 39 heavy (non-hydrogen) atoms. The van der Waals surface area contributed by atoms with Crippen LogP contribution in [0.4, 0.5) is 0 Å². The van der Waals surface area contributed by atoms with Crippen molar-refractivity contribution in [3.63, 3.8) is 0 Å². The van der Waals surface area contributed by atoms with Crippen LogP contribution in [-0.4, -0.2) is 49.8 Å². The van der Waals surface area contributed by atoms with Crippen LogP contribution in [0.15, 0.2) is 70.2 Å². The standard InChI is InChI=1S/C28H20Cl2N2O6S/c1-37-19-5-2-16(3-6-19)26-22(13-20-7-9-25(38-20)21-8-4-17(29)12-24(21)30)27(33)32(28(34)23(26)14-31)18-10-11-39(35,36)15-18/h2-9,12-13,18H,10-11,15H2,1H3/b22-13-. The van der Waals surface area contributed by atoms with E-state index in [2.05, 4.69) is 0 Å². The summed E-state index contributed by atoms with van der Waals surface area (Å²) in [6, 6.07) is 15.9. The summed E-state index contributed by atoms with van der Waals surface area (Å²) < 4.78 is 35.5. The summed E-state index contributed by atoms with van der Waals surface area (Å²) in [6.07, 6.45) is 1.54. The lowest BCUT2D eigenvalue weighted by molar-refractivity contribution is -0.142. The fraction of sp³-hybridized carbons (Fsp3) is 0.179. The number of sulfone groups is 1. The van der Waals surface area contributed by atoms with Gasteiger partial charge in [-0.3, -0.25) is 14.5 Å². The number of benzene rings is 2. The molecule has 1 saturated heterocycles. The van der Waals surface area contributed by atoms with Gasteiger partial charge < -0.3 is 9.15 Å². The van der Waals surface area contributed by atoms with Gasteiger partial charge in [-0.1, -0.05) is 35.3 Å². The van der Waals surface area contributed by atoms with Gasteiger partial charge in [0.15, 0.2) is 9.84 Å². The Labute approximate surface area is 234 Å². The highest BCUT2D eigenvalue weighted by molar-refractivity contribution is 7.91. The summed E-state index contributed by atoms with van der Waals surface area (Å²) in [6.45, 7) is 0. The second kappa shape index (κ2) is 10.4. The molecule has 0 radical (unpaired) electrons. The minimum Gasteiger partial charge on any atom is -0.497 e. The average Bonchev–Trinajstić information content (AvgIpc) is 3.51. The molecule has 0 saturated carbocycles. The summed E-state index contributed by atoms with van der Waals surface area (Å²) in [5.41, 5.74) is 0.880. The molecule has 3 heterocycles. The molecule has 0 spiro atoms. The molecule has 3 aromatic rings. The van der Waals surface area contributed by atoms with Crippen LogP contribution in [0, 0.1) is 11.3 Å². The normalized spacial score (nSPS) is 20.0. The molecule has 0 aliphatic carbocycles. The van der Waals surface area contributed by atoms with Crippen LogP contribution in [0.1, 0.15) is 17.7 Å². The number of ether oxygens (including phenoxy) is 1. The maximum Gasteiger partial charge on any atom is 0.272 e. The highest BCUT2D eigenvalue weighted by Crippen LogP contribution is 2.38. The van der Waals surface area contributed by atoms with E-state index in [4.69, 9.17) is 32.4 Å². The molecule has 1 aromatic heterocycles. The van der Waals surface area contributed by atoms with E-state index in [1.807, 2.05) is 6.07 Å². The zero-order valence-corrected chi connectivity index (χ0v) is 22.8. The maximum absolute atomic E-state index is 13.9. The van der Waals surface area contributed by atoms with Gasteiger partial charge in [0.05, 0.1) is 35.3 Å². The lowest BCUT2D eigenvalue weighted by atomic mass is 9.87. The molecule has 0 N–H and O–H groups in total. The zero-order valence-electron chi connectivity index (χ0n) is 20.5. The van der Waals surface area contributed by atoms with Crippen molar-refractivity contribution in [2.45, 2.75) is 12.5 Å². The first kappa shape index (κ1) is 26.8. The number of furan rings is 1. The Balaban J connectivity index is 1.66. The third-order valence-corrected chi connectivity index (χ3v) is 8.87. The van der Waals surface area contributed by atoms with Crippen LogP contribution in [-0.2, 0) is 19.4 Å². The zero-order chi connectivity index (χ0) is 27.9. The van der Waals surface area contributed by atoms with Crippen molar-refractivity contribution < 1.29 is 27.2 Å². The van der Waals surface area contributed by atoms with Crippen LogP contribution < -0.4 is 4.74 Å². The van der Waals surface area contributed by atoms with Crippen molar-refractivity contribution in [1.82, 2.24) is 4.90 Å². The first-order valence-electron chi connectivity index (χ1n) is 11.8. The molecule has 1 fully saturated rings. The van der Waals surface area contributed by atoms with E-state index in [1.165, 1.54) is 13.2 Å². The van der Waals surface area contributed by atoms with E-state index in [1.54, 1.807) is 54.6 Å². The number of imide groups is 1. The van der Waals surface area contributed by atoms with Gasteiger partial charge in [-0.25, -0.2) is 8.42 Å². The maximum atomic E-state index is 13.9. The Morgan fingerprint density at radius 1 is 1.08 bits per heavy atom. The van der Waals surface area contributed by atoms with Crippen molar-refractivity contribution in [3.05, 3.63) is 87.1 Å². The first-order valence-corrected chi connectivity index (χ1v) is 14.3. The number of halogens is 2. The fourth-order valence-electron chi connectivity index (χ4n) is 4.70. The molecular formula is C28H20Cl2N2O6S. The molecule has 2 aromatic carbocycles. The number of rotatable bonds is 5. The van der Waals surface area contributed by atoms with E-state index >= 15 is 0 Å². The van der Waals surface area contributed by atoms with Crippen LogP contribution in [0.2, 0.25) is 10.0 Å². The van der Waals surface area contributed by atoms with Gasteiger partial charge in [0, 0.05) is 16.2 Å². The molecule has 1 unspecified atom stereocenters. The summed E-state index contributed by atoms with van der Waals surface area (Å²) >= 11 is 12.3. The van der Waals surface area contributed by atoms with Gasteiger partial charge >= 0.3 is 0 Å². The van der Waals surface area contributed by atoms with Gasteiger partial charge in [-0.15, -0.1) is 0 Å². The van der Waals surface area contributed by atoms with Crippen molar-refractivity contribution in [2.75, 3.05) is 18.6 Å². The van der Waals surface area contributed by atoms with Crippen molar-refractivity contribution in [3.8, 4) is 23.1 Å². The number of hydrogen-bond acceptors (Lipinski definition) is 7. The number of methoxy groups -OCH3 is 1. The summed E-state index contributed by atoms with van der Waals surface area (Å²) in [5, 5.41) is 10.9. The van der Waals surface area contributed by atoms with E-state index in [9.17, 15) is 23.3 Å². The highest BCUT2D eigenvalue weighted by Gasteiger charge is 2.45. The van der Waals surface area contributed by atoms with Crippen molar-refractivity contribution in [2.24, 2.45) is 0 Å². The minimum atomic E-state index is -3.42. The first-order chi connectivity index (χ1) is 18.6. The summed E-state index contributed by atoms with van der Waals surface area (Å²) in [7, 11) is -1.92. The van der Waals surface area contributed by atoms with Gasteiger partial charge in [0.25, 0.3) is 11.8 Å². The third-order valence-electron chi connectivity index (χ3n) is 6.58. The molecule has 5 rings (SSSR count). The second-order valence-corrected chi connectivity index (χ2v) is 12.1. The molecule has 8 nitrogen and oxygen atoms in total. The highest BCUT2D eigenvalue weighted by atomic mass is 35.5. The molecular weight excluding hydrogens is 563 g/mol. The number of amides is 2. The molecule has 2 aliphatic heterocycles. The van der Waals surface area contributed by atoms with Gasteiger partial charge in [0.2, 0.25) is 0 Å². The second-order valence-electron chi connectivity index (χ2n) is 9.01. The van der Waals surface area contributed by atoms with Crippen LogP contribution >= 0.6 is 23.2 Å². The van der Waals surface area contributed by atoms with E-state index in [0.717, 1.165) is 4.90 Å². The van der Waals surface area contributed by atoms with Crippen molar-refractivity contribution >= 4 is 56.5 Å². The van der Waals surface area contributed by atoms with Gasteiger partial charge in [0.1, 0.15) is 28.9 Å². The van der Waals surface area contributed by atoms with E-state index in [0.29, 0.717) is 32.7 Å². The predicted octanol–water partition coefficient (Wildman–Crippen LogP) is 5.18. The largest absolute Gasteiger partial charge is 0.497 e. The number of nitriles is 1. The summed E-state index contributed by atoms with van der Waals surface area (Å²) in [5.74, 6) is -0.823. The number of hydrogen-bond donors (Lipinski definition) is 0. The lowest BCUT2D eigenvalue weighted by Crippen LogP contribution is -2.49. The van der Waals surface area contributed by atoms with Crippen LogP contribution in [0.25, 0.3) is 23.0 Å². The Kier molecular flexibility index (Phi) is 7.12. The predicted molar refractivity (Wildman–Crippen MR) is 147 cm³/mol. The quantitative estimate of drug-likeness (QED) is 0.300. The molecule has 2 amide bonds. The summed E-state index contributed by atoms with van der Waals surface area (Å²) in [4.78, 5) is 28.2. The van der Waals surface area contributed by atoms with Crippen LogP contribution in [0.5, 0.6) is 5.75 Å². The third kappa shape index (κ3) is 5.11. The Morgan fingerprint density at radius 2 is 1.82 bits per heavy atom. The molecule has 2 aliphatic rings. The Hall–Kier alpha value is -3.84. The monoisotopic (exact) mass is 582 g/mol. The smallest absolute Gasteiger partial charge is 0.272 e.